The molecule has 2 aromatic carbocycles. The molecule has 1 N–H and O–H groups in total. The average Bonchev–Trinajstić information content (AvgIpc) is 2.79. The summed E-state index contributed by atoms with van der Waals surface area (Å²) in [5.74, 6) is 0.0178. The molecule has 7 heteroatoms. The van der Waals surface area contributed by atoms with Gasteiger partial charge in [0, 0.05) is 30.9 Å². The number of carbonyl (C=O) groups excluding carboxylic acids is 1. The van der Waals surface area contributed by atoms with E-state index in [1.807, 2.05) is 6.92 Å². The van der Waals surface area contributed by atoms with Gasteiger partial charge in [0.05, 0.1) is 17.5 Å². The van der Waals surface area contributed by atoms with E-state index in [1.54, 1.807) is 24.3 Å². The summed E-state index contributed by atoms with van der Waals surface area (Å²) < 4.78 is 26.0. The van der Waals surface area contributed by atoms with Crippen LogP contribution >= 0.6 is 0 Å². The zero-order valence-corrected chi connectivity index (χ0v) is 18.9. The minimum absolute atomic E-state index is 0.120. The number of hydrogen-bond acceptors (Lipinski definition) is 4. The zero-order valence-electron chi connectivity index (χ0n) is 18.1. The third kappa shape index (κ3) is 5.03. The lowest BCUT2D eigenvalue weighted by molar-refractivity contribution is 0.0940. The molecule has 4 rings (SSSR count). The summed E-state index contributed by atoms with van der Waals surface area (Å²) in [7, 11) is -3.25. The molecule has 2 aromatic rings. The fraction of sp³-hybridized carbons (Fsp3) is 0.458. The van der Waals surface area contributed by atoms with Crippen LogP contribution in [0.1, 0.15) is 61.0 Å². The predicted octanol–water partition coefficient (Wildman–Crippen LogP) is 4.10. The van der Waals surface area contributed by atoms with Crippen LogP contribution in [0.5, 0.6) is 0 Å². The lowest BCUT2D eigenvalue weighted by Gasteiger charge is -2.29. The molecule has 0 saturated carbocycles. The molecule has 0 aromatic heterocycles. The van der Waals surface area contributed by atoms with Crippen LogP contribution in [0, 0.1) is 0 Å². The first-order chi connectivity index (χ1) is 14.9. The summed E-state index contributed by atoms with van der Waals surface area (Å²) in [4.78, 5) is 15.1. The first kappa shape index (κ1) is 21.7. The Kier molecular flexibility index (Phi) is 6.51. The standard InChI is InChI=1S/C24H31N3O3S/c1-19(20-7-11-22(12-8-20)26-15-3-2-4-16-26)25-24(28)21-9-13-23(14-10-21)27-17-5-6-18-31(27,29)30/h7-14,19H,2-6,15-18H2,1H3,(H,25,28)/t19-/m0/s1. The van der Waals surface area contributed by atoms with Crippen LogP contribution in [-0.2, 0) is 10.0 Å². The smallest absolute Gasteiger partial charge is 0.251 e. The van der Waals surface area contributed by atoms with E-state index in [4.69, 9.17) is 0 Å². The van der Waals surface area contributed by atoms with Crippen molar-refractivity contribution in [1.82, 2.24) is 5.32 Å². The molecule has 1 atom stereocenters. The van der Waals surface area contributed by atoms with Crippen LogP contribution in [0.3, 0.4) is 0 Å². The van der Waals surface area contributed by atoms with Crippen molar-refractivity contribution < 1.29 is 13.2 Å². The number of amides is 1. The summed E-state index contributed by atoms with van der Waals surface area (Å²) >= 11 is 0. The average molecular weight is 442 g/mol. The van der Waals surface area contributed by atoms with Gasteiger partial charge in [0.2, 0.25) is 10.0 Å². The summed E-state index contributed by atoms with van der Waals surface area (Å²) in [5, 5.41) is 3.04. The molecule has 0 unspecified atom stereocenters. The van der Waals surface area contributed by atoms with E-state index in [-0.39, 0.29) is 17.7 Å². The molecule has 2 aliphatic heterocycles. The number of nitrogens with zero attached hydrogens (tertiary/aromatic N) is 2. The van der Waals surface area contributed by atoms with Crippen LogP contribution in [-0.4, -0.2) is 39.7 Å². The quantitative estimate of drug-likeness (QED) is 0.759. The molecule has 0 aliphatic carbocycles. The van der Waals surface area contributed by atoms with E-state index < -0.39 is 10.0 Å². The lowest BCUT2D eigenvalue weighted by Crippen LogP contribution is -2.37. The third-order valence-electron chi connectivity index (χ3n) is 6.23. The molecule has 31 heavy (non-hydrogen) atoms. The van der Waals surface area contributed by atoms with Crippen LogP contribution in [0.2, 0.25) is 0 Å². The monoisotopic (exact) mass is 441 g/mol. The number of nitrogens with one attached hydrogen (secondary N) is 1. The predicted molar refractivity (Wildman–Crippen MR) is 125 cm³/mol. The summed E-state index contributed by atoms with van der Waals surface area (Å²) in [5.41, 5.74) is 3.45. The highest BCUT2D eigenvalue weighted by molar-refractivity contribution is 7.92. The van der Waals surface area contributed by atoms with Gasteiger partial charge in [-0.05, 0) is 81.0 Å². The second-order valence-electron chi connectivity index (χ2n) is 8.48. The highest BCUT2D eigenvalue weighted by Crippen LogP contribution is 2.25. The lowest BCUT2D eigenvalue weighted by atomic mass is 10.1. The Labute approximate surface area is 185 Å². The number of carbonyl (C=O) groups is 1. The fourth-order valence-corrected chi connectivity index (χ4v) is 5.99. The summed E-state index contributed by atoms with van der Waals surface area (Å²) in [6.45, 7) is 4.70. The minimum Gasteiger partial charge on any atom is -0.372 e. The Morgan fingerprint density at radius 2 is 1.45 bits per heavy atom. The van der Waals surface area contributed by atoms with Crippen molar-refractivity contribution >= 4 is 27.3 Å². The van der Waals surface area contributed by atoms with Gasteiger partial charge in [0.25, 0.3) is 5.91 Å². The number of benzene rings is 2. The van der Waals surface area contributed by atoms with Gasteiger partial charge < -0.3 is 10.2 Å². The largest absolute Gasteiger partial charge is 0.372 e. The van der Waals surface area contributed by atoms with Crippen molar-refractivity contribution in [2.45, 2.75) is 45.1 Å². The molecule has 0 radical (unpaired) electrons. The van der Waals surface area contributed by atoms with Crippen molar-refractivity contribution in [3.8, 4) is 0 Å². The highest BCUT2D eigenvalue weighted by Gasteiger charge is 2.26. The Hall–Kier alpha value is -2.54. The van der Waals surface area contributed by atoms with Crippen LogP contribution in [0.4, 0.5) is 11.4 Å². The molecule has 2 heterocycles. The Morgan fingerprint density at radius 1 is 0.839 bits per heavy atom. The van der Waals surface area contributed by atoms with E-state index in [1.165, 1.54) is 29.3 Å². The maximum absolute atomic E-state index is 12.7. The van der Waals surface area contributed by atoms with Gasteiger partial charge in [0.1, 0.15) is 0 Å². The molecule has 1 amide bonds. The van der Waals surface area contributed by atoms with Gasteiger partial charge >= 0.3 is 0 Å². The highest BCUT2D eigenvalue weighted by atomic mass is 32.2. The molecule has 166 valence electrons. The van der Waals surface area contributed by atoms with E-state index in [0.717, 1.165) is 25.1 Å². The van der Waals surface area contributed by atoms with Gasteiger partial charge in [-0.2, -0.15) is 0 Å². The Bertz CT molecular complexity index is 997. The maximum Gasteiger partial charge on any atom is 0.251 e. The minimum atomic E-state index is -3.25. The number of rotatable bonds is 5. The van der Waals surface area contributed by atoms with Crippen molar-refractivity contribution in [2.24, 2.45) is 0 Å². The number of piperidine rings is 1. The van der Waals surface area contributed by atoms with E-state index in [2.05, 4.69) is 34.5 Å². The molecule has 2 aliphatic rings. The van der Waals surface area contributed by atoms with Crippen LogP contribution in [0.25, 0.3) is 0 Å². The number of hydrogen-bond donors (Lipinski definition) is 1. The van der Waals surface area contributed by atoms with Gasteiger partial charge in [-0.1, -0.05) is 12.1 Å². The normalized spacial score (nSPS) is 19.6. The molecule has 6 nitrogen and oxygen atoms in total. The van der Waals surface area contributed by atoms with Crippen molar-refractivity contribution in [3.63, 3.8) is 0 Å². The SMILES string of the molecule is C[C@H](NC(=O)c1ccc(N2CCCCS2(=O)=O)cc1)c1ccc(N2CCCCC2)cc1. The van der Waals surface area contributed by atoms with E-state index in [9.17, 15) is 13.2 Å². The van der Waals surface area contributed by atoms with E-state index >= 15 is 0 Å². The molecular weight excluding hydrogens is 410 g/mol. The number of anilines is 2. The zero-order chi connectivity index (χ0) is 21.8. The third-order valence-corrected chi connectivity index (χ3v) is 8.10. The first-order valence-electron chi connectivity index (χ1n) is 11.2. The summed E-state index contributed by atoms with van der Waals surface area (Å²) in [6.07, 6.45) is 5.37. The Morgan fingerprint density at radius 3 is 2.10 bits per heavy atom. The maximum atomic E-state index is 12.7. The molecule has 2 saturated heterocycles. The van der Waals surface area contributed by atoms with Crippen molar-refractivity contribution in [2.75, 3.05) is 34.6 Å². The van der Waals surface area contributed by atoms with E-state index in [0.29, 0.717) is 24.2 Å². The van der Waals surface area contributed by atoms with Gasteiger partial charge in [-0.25, -0.2) is 8.42 Å². The van der Waals surface area contributed by atoms with Gasteiger partial charge in [-0.3, -0.25) is 9.10 Å². The van der Waals surface area contributed by atoms with Crippen molar-refractivity contribution in [3.05, 3.63) is 59.7 Å². The topological polar surface area (TPSA) is 69.7 Å². The number of sulfonamides is 1. The second-order valence-corrected chi connectivity index (χ2v) is 10.5. The van der Waals surface area contributed by atoms with Gasteiger partial charge in [0.15, 0.2) is 0 Å². The molecule has 2 fully saturated rings. The fourth-order valence-electron chi connectivity index (χ4n) is 4.35. The summed E-state index contributed by atoms with van der Waals surface area (Å²) in [6, 6.07) is 15.1. The van der Waals surface area contributed by atoms with Crippen molar-refractivity contribution in [1.29, 1.82) is 0 Å². The van der Waals surface area contributed by atoms with Crippen LogP contribution < -0.4 is 14.5 Å². The molecule has 0 bridgehead atoms. The first-order valence-corrected chi connectivity index (χ1v) is 12.8. The van der Waals surface area contributed by atoms with Crippen LogP contribution in [0.15, 0.2) is 48.5 Å². The molecular formula is C24H31N3O3S. The van der Waals surface area contributed by atoms with Gasteiger partial charge in [-0.15, -0.1) is 0 Å². The second kappa shape index (κ2) is 9.30. The Balaban J connectivity index is 1.38. The molecule has 0 spiro atoms.